The number of Topliss-reactive ketones (excluding diaryl/α,β-unsaturated/α-hetero) is 1. The van der Waals surface area contributed by atoms with Gasteiger partial charge < -0.3 is 0 Å². The number of carbonyl (C=O) groups is 1. The molecule has 0 amide bonds. The van der Waals surface area contributed by atoms with Crippen LogP contribution in [0.5, 0.6) is 0 Å². The van der Waals surface area contributed by atoms with E-state index in [0.717, 1.165) is 0 Å². The summed E-state index contributed by atoms with van der Waals surface area (Å²) in [6.07, 6.45) is 0.521. The molecule has 1 atom stereocenters. The number of hydrogen-bond acceptors (Lipinski definition) is 3. The van der Waals surface area contributed by atoms with Crippen LogP contribution < -0.4 is 0 Å². The lowest BCUT2D eigenvalue weighted by molar-refractivity contribution is -0.518. The minimum Gasteiger partial charge on any atom is -0.294 e. The standard InChI is InChI=1S/C11H13NO3/c1-9(12(14)15)7-8-11(13)10-5-3-2-4-6-10/h2-6,9H,7-8H2,1H3/t9-/m1/s1. The maximum absolute atomic E-state index is 11.5. The minimum absolute atomic E-state index is 0.0377. The van der Waals surface area contributed by atoms with Crippen LogP contribution >= 0.6 is 0 Å². The topological polar surface area (TPSA) is 60.2 Å². The predicted molar refractivity (Wildman–Crippen MR) is 56.5 cm³/mol. The predicted octanol–water partition coefficient (Wildman–Crippen LogP) is 2.31. The Morgan fingerprint density at radius 2 is 2.00 bits per heavy atom. The van der Waals surface area contributed by atoms with Gasteiger partial charge >= 0.3 is 0 Å². The first kappa shape index (κ1) is 11.4. The molecule has 0 unspecified atom stereocenters. The van der Waals surface area contributed by atoms with Crippen LogP contribution in [0.15, 0.2) is 30.3 Å². The summed E-state index contributed by atoms with van der Waals surface area (Å²) in [5, 5.41) is 10.3. The van der Waals surface area contributed by atoms with Crippen LogP contribution in [-0.2, 0) is 0 Å². The molecule has 1 aromatic rings. The lowest BCUT2D eigenvalue weighted by Crippen LogP contribution is -2.16. The Hall–Kier alpha value is -1.71. The second-order valence-corrected chi connectivity index (χ2v) is 3.46. The number of carbonyl (C=O) groups excluding carboxylic acids is 1. The van der Waals surface area contributed by atoms with Crippen molar-refractivity contribution in [1.82, 2.24) is 0 Å². The van der Waals surface area contributed by atoms with E-state index in [9.17, 15) is 14.9 Å². The number of hydrogen-bond donors (Lipinski definition) is 0. The summed E-state index contributed by atoms with van der Waals surface area (Å²) in [6.45, 7) is 1.51. The van der Waals surface area contributed by atoms with E-state index >= 15 is 0 Å². The molecule has 80 valence electrons. The van der Waals surface area contributed by atoms with E-state index in [2.05, 4.69) is 0 Å². The first-order valence-electron chi connectivity index (χ1n) is 4.83. The van der Waals surface area contributed by atoms with E-state index < -0.39 is 6.04 Å². The third kappa shape index (κ3) is 3.50. The minimum atomic E-state index is -0.655. The van der Waals surface area contributed by atoms with Crippen LogP contribution in [-0.4, -0.2) is 16.7 Å². The van der Waals surface area contributed by atoms with E-state index in [1.807, 2.05) is 6.07 Å². The molecule has 0 aliphatic carbocycles. The summed E-state index contributed by atoms with van der Waals surface area (Å²) in [4.78, 5) is 21.5. The first-order valence-corrected chi connectivity index (χ1v) is 4.83. The van der Waals surface area contributed by atoms with Crippen LogP contribution in [0, 0.1) is 10.1 Å². The molecule has 1 aromatic carbocycles. The van der Waals surface area contributed by atoms with E-state index in [1.54, 1.807) is 24.3 Å². The van der Waals surface area contributed by atoms with Crippen LogP contribution in [0.1, 0.15) is 30.1 Å². The van der Waals surface area contributed by atoms with Crippen molar-refractivity contribution in [1.29, 1.82) is 0 Å². The highest BCUT2D eigenvalue weighted by Gasteiger charge is 2.15. The summed E-state index contributed by atoms with van der Waals surface area (Å²) >= 11 is 0. The fraction of sp³-hybridized carbons (Fsp3) is 0.364. The fourth-order valence-electron chi connectivity index (χ4n) is 1.21. The van der Waals surface area contributed by atoms with E-state index in [0.29, 0.717) is 12.0 Å². The second-order valence-electron chi connectivity index (χ2n) is 3.46. The van der Waals surface area contributed by atoms with E-state index in [4.69, 9.17) is 0 Å². The van der Waals surface area contributed by atoms with E-state index in [-0.39, 0.29) is 17.1 Å². The zero-order valence-electron chi connectivity index (χ0n) is 8.55. The molecule has 0 heterocycles. The number of nitro groups is 1. The Morgan fingerprint density at radius 3 is 2.53 bits per heavy atom. The molecule has 0 aliphatic heterocycles. The monoisotopic (exact) mass is 207 g/mol. The number of nitrogens with zero attached hydrogens (tertiary/aromatic N) is 1. The molecule has 0 aliphatic rings. The van der Waals surface area contributed by atoms with Gasteiger partial charge in [-0.1, -0.05) is 30.3 Å². The van der Waals surface area contributed by atoms with Crippen molar-refractivity contribution in [3.05, 3.63) is 46.0 Å². The number of benzene rings is 1. The van der Waals surface area contributed by atoms with E-state index in [1.165, 1.54) is 6.92 Å². The summed E-state index contributed by atoms with van der Waals surface area (Å²) < 4.78 is 0. The third-order valence-electron chi connectivity index (χ3n) is 2.24. The van der Waals surface area contributed by atoms with Gasteiger partial charge in [0.2, 0.25) is 6.04 Å². The molecule has 0 N–H and O–H groups in total. The summed E-state index contributed by atoms with van der Waals surface area (Å²) in [5.41, 5.74) is 0.619. The lowest BCUT2D eigenvalue weighted by Gasteiger charge is -2.02. The Labute approximate surface area is 88.1 Å². The first-order chi connectivity index (χ1) is 7.11. The molecule has 0 bridgehead atoms. The van der Waals surface area contributed by atoms with Crippen molar-refractivity contribution in [2.75, 3.05) is 0 Å². The van der Waals surface area contributed by atoms with Crippen molar-refractivity contribution >= 4 is 5.78 Å². The molecule has 0 aromatic heterocycles. The Kier molecular flexibility index (Phi) is 3.97. The molecule has 1 rings (SSSR count). The average Bonchev–Trinajstić information content (AvgIpc) is 2.26. The highest BCUT2D eigenvalue weighted by molar-refractivity contribution is 5.95. The molecule has 0 saturated carbocycles. The van der Waals surface area contributed by atoms with Gasteiger partial charge in [-0.3, -0.25) is 14.9 Å². The van der Waals surface area contributed by atoms with Gasteiger partial charge in [0.15, 0.2) is 5.78 Å². The highest BCUT2D eigenvalue weighted by atomic mass is 16.6. The SMILES string of the molecule is C[C@H](CCC(=O)c1ccccc1)[N+](=O)[O-]. The fourth-order valence-corrected chi connectivity index (χ4v) is 1.21. The number of rotatable bonds is 5. The van der Waals surface area contributed by atoms with Gasteiger partial charge in [-0.05, 0) is 0 Å². The summed E-state index contributed by atoms with van der Waals surface area (Å²) in [6, 6.07) is 8.18. The molecular weight excluding hydrogens is 194 g/mol. The van der Waals surface area contributed by atoms with Gasteiger partial charge in [-0.2, -0.15) is 0 Å². The van der Waals surface area contributed by atoms with Gasteiger partial charge in [0.05, 0.1) is 0 Å². The van der Waals surface area contributed by atoms with Gasteiger partial charge in [0.1, 0.15) is 0 Å². The Bertz CT molecular complexity index is 348. The second kappa shape index (κ2) is 5.24. The van der Waals surface area contributed by atoms with Gasteiger partial charge in [0.25, 0.3) is 0 Å². The van der Waals surface area contributed by atoms with Gasteiger partial charge in [-0.15, -0.1) is 0 Å². The van der Waals surface area contributed by atoms with Crippen molar-refractivity contribution in [3.8, 4) is 0 Å². The van der Waals surface area contributed by atoms with Gasteiger partial charge in [-0.25, -0.2) is 0 Å². The third-order valence-corrected chi connectivity index (χ3v) is 2.24. The van der Waals surface area contributed by atoms with Crippen molar-refractivity contribution in [3.63, 3.8) is 0 Å². The molecule has 0 fully saturated rings. The molecule has 15 heavy (non-hydrogen) atoms. The Morgan fingerprint density at radius 1 is 1.40 bits per heavy atom. The van der Waals surface area contributed by atoms with Crippen LogP contribution in [0.25, 0.3) is 0 Å². The smallest absolute Gasteiger partial charge is 0.210 e. The summed E-state index contributed by atoms with van der Waals surface area (Å²) in [5.74, 6) is -0.0377. The quantitative estimate of drug-likeness (QED) is 0.423. The molecular formula is C11H13NO3. The van der Waals surface area contributed by atoms with Crippen LogP contribution in [0.4, 0.5) is 0 Å². The van der Waals surface area contributed by atoms with Crippen molar-refractivity contribution < 1.29 is 9.72 Å². The molecule has 0 radical (unpaired) electrons. The van der Waals surface area contributed by atoms with Gasteiger partial charge in [0, 0.05) is 30.3 Å². The maximum Gasteiger partial charge on any atom is 0.210 e. The zero-order valence-corrected chi connectivity index (χ0v) is 8.55. The molecule has 4 nitrogen and oxygen atoms in total. The Balaban J connectivity index is 2.47. The zero-order chi connectivity index (χ0) is 11.3. The van der Waals surface area contributed by atoms with Crippen LogP contribution in [0.3, 0.4) is 0 Å². The molecule has 4 heteroatoms. The largest absolute Gasteiger partial charge is 0.294 e. The molecule has 0 spiro atoms. The maximum atomic E-state index is 11.5. The molecule has 0 saturated heterocycles. The normalized spacial score (nSPS) is 12.1. The highest BCUT2D eigenvalue weighted by Crippen LogP contribution is 2.07. The van der Waals surface area contributed by atoms with Crippen LogP contribution in [0.2, 0.25) is 0 Å². The average molecular weight is 207 g/mol. The summed E-state index contributed by atoms with van der Waals surface area (Å²) in [7, 11) is 0. The lowest BCUT2D eigenvalue weighted by atomic mass is 10.0. The van der Waals surface area contributed by atoms with Crippen molar-refractivity contribution in [2.24, 2.45) is 0 Å². The van der Waals surface area contributed by atoms with Crippen molar-refractivity contribution in [2.45, 2.75) is 25.8 Å². The number of ketones is 1.